The van der Waals surface area contributed by atoms with Gasteiger partial charge in [0, 0.05) is 0 Å². The molecule has 0 amide bonds. The highest BCUT2D eigenvalue weighted by Gasteiger charge is 1.77. The third kappa shape index (κ3) is 5.18. The molecule has 39 valence electrons. The number of hydrogen-bond donors (Lipinski definition) is 0. The van der Waals surface area contributed by atoms with E-state index in [1.165, 1.54) is 7.81 Å². The molecular weight excluding hydrogens is 94.9 g/mol. The average Bonchev–Trinajstić information content (AvgIpc) is 1.89. The van der Waals surface area contributed by atoms with Crippen molar-refractivity contribution in [3.8, 4) is 23.7 Å². The van der Waals surface area contributed by atoms with Crippen molar-refractivity contribution in [2.75, 3.05) is 0 Å². The molecule has 0 aromatic heterocycles. The number of rotatable bonds is 1. The third-order valence-corrected chi connectivity index (χ3v) is 0.487. The number of hydrogen-bond acceptors (Lipinski definition) is 0. The highest BCUT2D eigenvalue weighted by Crippen LogP contribution is 1.87. The lowest BCUT2D eigenvalue weighted by Gasteiger charge is -1.81. The first-order valence-electron chi connectivity index (χ1n) is 3.03. The standard InChI is InChI=1S/C7H8B/c1-3-4-5-6-7(2)8/h7-8H,1-2H3/i8T. The van der Waals surface area contributed by atoms with Crippen LogP contribution in [0.4, 0.5) is 0 Å². The fourth-order valence-electron chi connectivity index (χ4n) is 0.212. The van der Waals surface area contributed by atoms with Crippen LogP contribution in [0, 0.1) is 23.7 Å². The molecule has 0 aliphatic rings. The van der Waals surface area contributed by atoms with E-state index in [4.69, 9.17) is 1.34 Å². The lowest BCUT2D eigenvalue weighted by Crippen LogP contribution is -1.74. The zero-order valence-electron chi connectivity index (χ0n) is 6.15. The molecule has 0 aliphatic carbocycles. The minimum absolute atomic E-state index is 0.0332. The molecule has 1 heteroatoms. The van der Waals surface area contributed by atoms with Crippen LogP contribution in [0.25, 0.3) is 0 Å². The van der Waals surface area contributed by atoms with Crippen molar-refractivity contribution >= 4 is 7.81 Å². The normalized spacial score (nSPS) is 11.0. The Labute approximate surface area is 53.4 Å². The summed E-state index contributed by atoms with van der Waals surface area (Å²) in [5.74, 6) is 10.7. The second kappa shape index (κ2) is 4.35. The van der Waals surface area contributed by atoms with E-state index in [1.807, 2.05) is 6.92 Å². The Morgan fingerprint density at radius 3 is 2.88 bits per heavy atom. The molecule has 1 unspecified atom stereocenters. The highest BCUT2D eigenvalue weighted by molar-refractivity contribution is 6.13. The van der Waals surface area contributed by atoms with Gasteiger partial charge < -0.3 is 0 Å². The molecule has 0 heterocycles. The predicted molar refractivity (Wildman–Crippen MR) is 37.8 cm³/mol. The van der Waals surface area contributed by atoms with Gasteiger partial charge in [-0.05, 0) is 25.9 Å². The van der Waals surface area contributed by atoms with Gasteiger partial charge in [-0.2, -0.15) is 0 Å². The van der Waals surface area contributed by atoms with E-state index in [0.29, 0.717) is 0 Å². The quantitative estimate of drug-likeness (QED) is 0.340. The van der Waals surface area contributed by atoms with Gasteiger partial charge in [0.2, 0.25) is 0 Å². The van der Waals surface area contributed by atoms with Crippen molar-refractivity contribution in [1.82, 2.24) is 0 Å². The molecule has 1 radical (unpaired) electrons. The molecule has 0 fully saturated rings. The molecule has 0 rings (SSSR count). The van der Waals surface area contributed by atoms with E-state index in [9.17, 15) is 0 Å². The zero-order chi connectivity index (χ0) is 7.11. The van der Waals surface area contributed by atoms with Gasteiger partial charge in [0.05, 0.1) is 0 Å². The summed E-state index contributed by atoms with van der Waals surface area (Å²) in [7, 11) is 1.30. The molecule has 0 nitrogen and oxygen atoms in total. The fourth-order valence-corrected chi connectivity index (χ4v) is 0.212. The van der Waals surface area contributed by atoms with Gasteiger partial charge in [-0.15, -0.1) is 0 Å². The maximum Gasteiger partial charge on any atom is 0.107 e. The first-order chi connectivity index (χ1) is 4.31. The molecule has 0 aromatic rings. The smallest absolute Gasteiger partial charge is 0.0953 e. The van der Waals surface area contributed by atoms with Crippen molar-refractivity contribution in [2.45, 2.75) is 19.7 Å². The first-order valence-corrected chi connectivity index (χ1v) is 2.45. The molecule has 0 saturated heterocycles. The molecule has 1 atom stereocenters. The molecule has 0 aliphatic heterocycles. The molecule has 0 aromatic carbocycles. The average molecular weight is 105 g/mol. The Balaban J connectivity index is 3.67. The molecule has 0 N–H and O–H groups in total. The maximum atomic E-state index is 6.77. The Hall–Kier alpha value is -0.815. The van der Waals surface area contributed by atoms with Crippen LogP contribution in [0.2, 0.25) is 5.82 Å². The predicted octanol–water partition coefficient (Wildman–Crippen LogP) is 0.722. The van der Waals surface area contributed by atoms with E-state index in [1.54, 1.807) is 6.92 Å². The van der Waals surface area contributed by atoms with Crippen LogP contribution in [-0.2, 0) is 0 Å². The van der Waals surface area contributed by atoms with E-state index >= 15 is 0 Å². The summed E-state index contributed by atoms with van der Waals surface area (Å²) in [6.07, 6.45) is 0. The van der Waals surface area contributed by atoms with Gasteiger partial charge in [-0.1, -0.05) is 18.8 Å². The third-order valence-electron chi connectivity index (χ3n) is 0.487. The summed E-state index contributed by atoms with van der Waals surface area (Å²) >= 11 is 0. The monoisotopic (exact) mass is 105 g/mol. The Bertz CT molecular complexity index is 177. The second-order valence-corrected chi connectivity index (χ2v) is 1.43. The van der Waals surface area contributed by atoms with Crippen LogP contribution in [0.5, 0.6) is 0 Å². The van der Waals surface area contributed by atoms with Crippen LogP contribution in [-0.4, -0.2) is 9.15 Å². The van der Waals surface area contributed by atoms with Crippen molar-refractivity contribution in [3.63, 3.8) is 0 Å². The summed E-state index contributed by atoms with van der Waals surface area (Å²) in [5.41, 5.74) is 0. The molecule has 0 bridgehead atoms. The SMILES string of the molecule is [3H][B]C(C)C#CC#CC. The van der Waals surface area contributed by atoms with Crippen molar-refractivity contribution in [2.24, 2.45) is 0 Å². The summed E-state index contributed by atoms with van der Waals surface area (Å²) < 4.78 is 6.77. The minimum atomic E-state index is 0.0332. The zero-order valence-corrected chi connectivity index (χ0v) is 5.15. The van der Waals surface area contributed by atoms with E-state index in [0.717, 1.165) is 0 Å². The van der Waals surface area contributed by atoms with E-state index < -0.39 is 0 Å². The molecular formula is C7H8B. The largest absolute Gasteiger partial charge is 0.107 e. The molecule has 8 heavy (non-hydrogen) atoms. The summed E-state index contributed by atoms with van der Waals surface area (Å²) in [6, 6.07) is 0. The molecule has 0 spiro atoms. The van der Waals surface area contributed by atoms with Gasteiger partial charge in [0.25, 0.3) is 0 Å². The maximum absolute atomic E-state index is 6.77. The van der Waals surface area contributed by atoms with Gasteiger partial charge >= 0.3 is 0 Å². The summed E-state index contributed by atoms with van der Waals surface area (Å²) in [5, 5.41) is 0. The summed E-state index contributed by atoms with van der Waals surface area (Å²) in [4.78, 5) is 0. The van der Waals surface area contributed by atoms with Crippen molar-refractivity contribution in [3.05, 3.63) is 0 Å². The Morgan fingerprint density at radius 1 is 1.62 bits per heavy atom. The van der Waals surface area contributed by atoms with Crippen molar-refractivity contribution < 1.29 is 0 Å². The topological polar surface area (TPSA) is 0 Å². The van der Waals surface area contributed by atoms with Crippen LogP contribution in [0.3, 0.4) is 0 Å². The van der Waals surface area contributed by atoms with Gasteiger partial charge in [-0.3, -0.25) is 0 Å². The van der Waals surface area contributed by atoms with Crippen LogP contribution < -0.4 is 0 Å². The highest BCUT2D eigenvalue weighted by atomic mass is 13.7. The van der Waals surface area contributed by atoms with E-state index in [-0.39, 0.29) is 5.82 Å². The molecule has 0 saturated carbocycles. The van der Waals surface area contributed by atoms with Crippen LogP contribution in [0.1, 0.15) is 13.8 Å². The van der Waals surface area contributed by atoms with Gasteiger partial charge in [0.15, 0.2) is 0 Å². The minimum Gasteiger partial charge on any atom is -0.0953 e. The first kappa shape index (κ1) is 5.32. The Kier molecular flexibility index (Phi) is 2.89. The lowest BCUT2D eigenvalue weighted by atomic mass is 9.91. The fraction of sp³-hybridized carbons (Fsp3) is 0.429. The Morgan fingerprint density at radius 2 is 2.38 bits per heavy atom. The van der Waals surface area contributed by atoms with Gasteiger partial charge in [0.1, 0.15) is 7.81 Å². The van der Waals surface area contributed by atoms with Crippen molar-refractivity contribution in [1.29, 1.82) is 1.34 Å². The second-order valence-electron chi connectivity index (χ2n) is 1.43. The van der Waals surface area contributed by atoms with Crippen LogP contribution in [0.15, 0.2) is 0 Å². The lowest BCUT2D eigenvalue weighted by molar-refractivity contribution is 1.26. The van der Waals surface area contributed by atoms with E-state index in [2.05, 4.69) is 23.7 Å². The summed E-state index contributed by atoms with van der Waals surface area (Å²) in [6.45, 7) is 3.60. The van der Waals surface area contributed by atoms with Crippen LogP contribution >= 0.6 is 0 Å². The van der Waals surface area contributed by atoms with Gasteiger partial charge in [-0.25, -0.2) is 0 Å².